The molecule has 1 unspecified atom stereocenters. The largest absolute Gasteiger partial charge is 0.380 e. The van der Waals surface area contributed by atoms with E-state index in [1.807, 2.05) is 18.2 Å². The van der Waals surface area contributed by atoms with E-state index in [1.54, 1.807) is 0 Å². The first-order valence-corrected chi connectivity index (χ1v) is 3.75. The lowest BCUT2D eigenvalue weighted by atomic mass is 10.2. The van der Waals surface area contributed by atoms with Crippen LogP contribution in [0.1, 0.15) is 0 Å². The Hall–Kier alpha value is -1.08. The van der Waals surface area contributed by atoms with Gasteiger partial charge in [-0.2, -0.15) is 0 Å². The lowest BCUT2D eigenvalue weighted by Gasteiger charge is -1.89. The van der Waals surface area contributed by atoms with Crippen molar-refractivity contribution in [1.29, 1.82) is 0 Å². The van der Waals surface area contributed by atoms with Crippen molar-refractivity contribution in [2.24, 2.45) is 0 Å². The molecule has 0 aliphatic heterocycles. The molecule has 2 aromatic rings. The van der Waals surface area contributed by atoms with Crippen molar-refractivity contribution in [2.45, 2.75) is 0 Å². The van der Waals surface area contributed by atoms with Crippen LogP contribution < -0.4 is 11.0 Å². The molecular formula is C7H7N2OP. The van der Waals surface area contributed by atoms with E-state index >= 15 is 0 Å². The Balaban J connectivity index is 2.87. The van der Waals surface area contributed by atoms with Gasteiger partial charge in [0, 0.05) is 0 Å². The van der Waals surface area contributed by atoms with Crippen LogP contribution in [0.25, 0.3) is 11.0 Å². The summed E-state index contributed by atoms with van der Waals surface area (Å²) >= 11 is 0. The normalized spacial score (nSPS) is 10.6. The van der Waals surface area contributed by atoms with E-state index in [2.05, 4.69) is 14.4 Å². The van der Waals surface area contributed by atoms with Gasteiger partial charge in [0.1, 0.15) is 0 Å². The molecule has 0 aliphatic rings. The summed E-state index contributed by atoms with van der Waals surface area (Å²) in [6.07, 6.45) is 0. The van der Waals surface area contributed by atoms with E-state index in [4.69, 9.17) is 10.3 Å². The number of fused-ring (bicyclic) bond motifs is 1. The van der Waals surface area contributed by atoms with Gasteiger partial charge >= 0.3 is 0 Å². The van der Waals surface area contributed by atoms with Crippen molar-refractivity contribution in [3.63, 3.8) is 0 Å². The molecule has 0 spiro atoms. The van der Waals surface area contributed by atoms with Gasteiger partial charge in [-0.1, -0.05) is 11.2 Å². The number of nitrogens with two attached hydrogens (primary N) is 1. The molecule has 4 heteroatoms. The molecule has 56 valence electrons. The summed E-state index contributed by atoms with van der Waals surface area (Å²) in [5.41, 5.74) is 6.26. The second-order valence-corrected chi connectivity index (χ2v) is 2.99. The number of hydrogen-bond donors (Lipinski definition) is 1. The van der Waals surface area contributed by atoms with Gasteiger partial charge in [-0.3, -0.25) is 0 Å². The number of rotatable bonds is 0. The molecular weight excluding hydrogens is 159 g/mol. The van der Waals surface area contributed by atoms with Crippen molar-refractivity contribution in [2.75, 3.05) is 5.73 Å². The third-order valence-corrected chi connectivity index (χ3v) is 1.88. The SMILES string of the molecule is Nc1noc2ccc(P)cc12. The molecule has 1 aromatic heterocycles. The molecule has 11 heavy (non-hydrogen) atoms. The minimum Gasteiger partial charge on any atom is -0.380 e. The van der Waals surface area contributed by atoms with Crippen LogP contribution in [0.4, 0.5) is 5.82 Å². The van der Waals surface area contributed by atoms with Crippen LogP contribution in [-0.2, 0) is 0 Å². The predicted molar refractivity (Wildman–Crippen MR) is 47.8 cm³/mol. The summed E-state index contributed by atoms with van der Waals surface area (Å²) < 4.78 is 4.92. The van der Waals surface area contributed by atoms with E-state index in [0.29, 0.717) is 5.82 Å². The Morgan fingerprint density at radius 1 is 1.45 bits per heavy atom. The maximum absolute atomic E-state index is 5.53. The highest BCUT2D eigenvalue weighted by atomic mass is 31.0. The topological polar surface area (TPSA) is 52.0 Å². The number of nitrogens with zero attached hydrogens (tertiary/aromatic N) is 1. The van der Waals surface area contributed by atoms with Gasteiger partial charge in [0.05, 0.1) is 5.39 Å². The fraction of sp³-hybridized carbons (Fsp3) is 0. The number of hydrogen-bond acceptors (Lipinski definition) is 3. The minimum absolute atomic E-state index is 0.448. The smallest absolute Gasteiger partial charge is 0.174 e. The van der Waals surface area contributed by atoms with Gasteiger partial charge in [0.25, 0.3) is 0 Å². The van der Waals surface area contributed by atoms with Crippen molar-refractivity contribution < 1.29 is 4.52 Å². The summed E-state index contributed by atoms with van der Waals surface area (Å²) in [7, 11) is 2.59. The third-order valence-electron chi connectivity index (χ3n) is 1.52. The van der Waals surface area contributed by atoms with Crippen LogP contribution in [0.3, 0.4) is 0 Å². The maximum Gasteiger partial charge on any atom is 0.174 e. The van der Waals surface area contributed by atoms with Crippen LogP contribution in [0.15, 0.2) is 22.7 Å². The zero-order valence-electron chi connectivity index (χ0n) is 5.74. The average molecular weight is 166 g/mol. The zero-order valence-corrected chi connectivity index (χ0v) is 6.90. The molecule has 0 bridgehead atoms. The number of nitrogen functional groups attached to an aromatic ring is 1. The first-order chi connectivity index (χ1) is 5.27. The zero-order chi connectivity index (χ0) is 7.84. The van der Waals surface area contributed by atoms with Gasteiger partial charge in [-0.05, 0) is 17.4 Å². The van der Waals surface area contributed by atoms with Crippen molar-refractivity contribution in [1.82, 2.24) is 5.16 Å². The molecule has 1 aromatic carbocycles. The minimum atomic E-state index is 0.448. The van der Waals surface area contributed by atoms with E-state index in [-0.39, 0.29) is 0 Å². The van der Waals surface area contributed by atoms with Gasteiger partial charge < -0.3 is 10.3 Å². The Labute approximate surface area is 65.7 Å². The van der Waals surface area contributed by atoms with Crippen LogP contribution in [0.5, 0.6) is 0 Å². The van der Waals surface area contributed by atoms with Crippen molar-refractivity contribution >= 4 is 31.3 Å². The lowest BCUT2D eigenvalue weighted by Crippen LogP contribution is -1.89. The van der Waals surface area contributed by atoms with E-state index in [1.165, 1.54) is 0 Å². The van der Waals surface area contributed by atoms with E-state index < -0.39 is 0 Å². The number of aromatic nitrogens is 1. The Morgan fingerprint density at radius 2 is 2.27 bits per heavy atom. The summed E-state index contributed by atoms with van der Waals surface area (Å²) in [5.74, 6) is 0.448. The highest BCUT2D eigenvalue weighted by Gasteiger charge is 2.02. The first-order valence-electron chi connectivity index (χ1n) is 3.18. The lowest BCUT2D eigenvalue weighted by molar-refractivity contribution is 0.460. The summed E-state index contributed by atoms with van der Waals surface area (Å²) in [4.78, 5) is 0. The summed E-state index contributed by atoms with van der Waals surface area (Å²) in [6, 6.07) is 5.70. The van der Waals surface area contributed by atoms with E-state index in [0.717, 1.165) is 16.3 Å². The van der Waals surface area contributed by atoms with Crippen LogP contribution in [0.2, 0.25) is 0 Å². The van der Waals surface area contributed by atoms with Gasteiger partial charge in [-0.25, -0.2) is 0 Å². The van der Waals surface area contributed by atoms with Crippen LogP contribution >= 0.6 is 9.24 Å². The van der Waals surface area contributed by atoms with Crippen LogP contribution in [0, 0.1) is 0 Å². The van der Waals surface area contributed by atoms with Gasteiger partial charge in [0.2, 0.25) is 0 Å². The standard InChI is InChI=1S/C7H7N2OP/c8-7-5-3-4(11)1-2-6(5)10-9-7/h1-3H,11H2,(H2,8,9). The maximum atomic E-state index is 5.53. The molecule has 2 N–H and O–H groups in total. The number of anilines is 1. The molecule has 0 radical (unpaired) electrons. The number of benzene rings is 1. The molecule has 0 aliphatic carbocycles. The van der Waals surface area contributed by atoms with Crippen LogP contribution in [-0.4, -0.2) is 5.16 Å². The molecule has 0 saturated heterocycles. The predicted octanol–water partition coefficient (Wildman–Crippen LogP) is 0.910. The molecule has 1 heterocycles. The first kappa shape index (κ1) is 6.62. The second-order valence-electron chi connectivity index (χ2n) is 2.32. The van der Waals surface area contributed by atoms with E-state index in [9.17, 15) is 0 Å². The summed E-state index contributed by atoms with van der Waals surface area (Å²) in [5, 5.41) is 5.58. The third kappa shape index (κ3) is 0.976. The molecule has 2 rings (SSSR count). The van der Waals surface area contributed by atoms with Gasteiger partial charge in [0.15, 0.2) is 11.4 Å². The van der Waals surface area contributed by atoms with Crippen molar-refractivity contribution in [3.05, 3.63) is 18.2 Å². The Bertz CT molecular complexity index is 396. The fourth-order valence-corrected chi connectivity index (χ4v) is 1.24. The average Bonchev–Trinajstić information content (AvgIpc) is 2.33. The molecule has 1 atom stereocenters. The highest BCUT2D eigenvalue weighted by Crippen LogP contribution is 2.18. The molecule has 0 amide bonds. The molecule has 3 nitrogen and oxygen atoms in total. The Morgan fingerprint density at radius 3 is 3.09 bits per heavy atom. The fourth-order valence-electron chi connectivity index (χ4n) is 0.975. The quantitative estimate of drug-likeness (QED) is 0.592. The highest BCUT2D eigenvalue weighted by molar-refractivity contribution is 7.27. The van der Waals surface area contributed by atoms with Gasteiger partial charge in [-0.15, -0.1) is 9.24 Å². The Kier molecular flexibility index (Phi) is 1.33. The van der Waals surface area contributed by atoms with Crippen molar-refractivity contribution in [3.8, 4) is 0 Å². The monoisotopic (exact) mass is 166 g/mol. The molecule has 0 saturated carbocycles. The second kappa shape index (κ2) is 2.21. The summed E-state index contributed by atoms with van der Waals surface area (Å²) in [6.45, 7) is 0. The molecule has 0 fully saturated rings.